The van der Waals surface area contributed by atoms with Gasteiger partial charge < -0.3 is 10.1 Å². The fraction of sp³-hybridized carbons (Fsp3) is 0.200. The molecule has 94 valence electrons. The van der Waals surface area contributed by atoms with Gasteiger partial charge in [-0.2, -0.15) is 0 Å². The molecule has 0 amide bonds. The molecule has 0 spiro atoms. The highest BCUT2D eigenvalue weighted by Crippen LogP contribution is 2.25. The van der Waals surface area contributed by atoms with Crippen molar-refractivity contribution in [2.75, 3.05) is 7.05 Å². The standard InChI is InChI=1S/C15H16BrNO/c1-11-9-15(6-3-12(11)10-17-2)18-14-7-4-13(16)5-8-14/h3-9,17H,10H2,1-2H3. The van der Waals surface area contributed by atoms with Crippen LogP contribution in [-0.4, -0.2) is 7.05 Å². The summed E-state index contributed by atoms with van der Waals surface area (Å²) in [5.41, 5.74) is 2.53. The number of nitrogens with one attached hydrogen (secondary N) is 1. The monoisotopic (exact) mass is 305 g/mol. The van der Waals surface area contributed by atoms with E-state index in [9.17, 15) is 0 Å². The molecule has 3 heteroatoms. The minimum Gasteiger partial charge on any atom is -0.457 e. The lowest BCUT2D eigenvalue weighted by atomic mass is 10.1. The Morgan fingerprint density at radius 3 is 2.33 bits per heavy atom. The summed E-state index contributed by atoms with van der Waals surface area (Å²) in [5.74, 6) is 1.72. The van der Waals surface area contributed by atoms with E-state index in [-0.39, 0.29) is 0 Å². The highest BCUT2D eigenvalue weighted by Gasteiger charge is 2.01. The van der Waals surface area contributed by atoms with Crippen LogP contribution in [0, 0.1) is 6.92 Å². The van der Waals surface area contributed by atoms with Gasteiger partial charge in [-0.15, -0.1) is 0 Å². The van der Waals surface area contributed by atoms with Gasteiger partial charge in [-0.25, -0.2) is 0 Å². The normalized spacial score (nSPS) is 10.4. The van der Waals surface area contributed by atoms with Crippen LogP contribution < -0.4 is 10.1 Å². The zero-order valence-corrected chi connectivity index (χ0v) is 12.1. The molecule has 2 nitrogen and oxygen atoms in total. The summed E-state index contributed by atoms with van der Waals surface area (Å²) in [7, 11) is 1.95. The van der Waals surface area contributed by atoms with E-state index in [1.54, 1.807) is 0 Å². The van der Waals surface area contributed by atoms with Crippen molar-refractivity contribution in [3.05, 3.63) is 58.1 Å². The van der Waals surface area contributed by atoms with Gasteiger partial charge in [0.2, 0.25) is 0 Å². The Labute approximate surface area is 116 Å². The van der Waals surface area contributed by atoms with E-state index in [1.165, 1.54) is 11.1 Å². The van der Waals surface area contributed by atoms with Crippen LogP contribution >= 0.6 is 15.9 Å². The molecule has 1 N–H and O–H groups in total. The van der Waals surface area contributed by atoms with Crippen molar-refractivity contribution in [1.29, 1.82) is 0 Å². The SMILES string of the molecule is CNCc1ccc(Oc2ccc(Br)cc2)cc1C. The molecule has 0 atom stereocenters. The Bertz CT molecular complexity index is 523. The number of benzene rings is 2. The number of ether oxygens (including phenoxy) is 1. The Kier molecular flexibility index (Phi) is 4.39. The fourth-order valence-electron chi connectivity index (χ4n) is 1.76. The second-order valence-corrected chi connectivity index (χ2v) is 5.09. The molecular weight excluding hydrogens is 290 g/mol. The van der Waals surface area contributed by atoms with E-state index in [2.05, 4.69) is 40.3 Å². The first-order valence-corrected chi connectivity index (χ1v) is 6.66. The van der Waals surface area contributed by atoms with Crippen molar-refractivity contribution >= 4 is 15.9 Å². The van der Waals surface area contributed by atoms with Crippen molar-refractivity contribution in [2.45, 2.75) is 13.5 Å². The van der Waals surface area contributed by atoms with Gasteiger partial charge in [0.25, 0.3) is 0 Å². The first-order chi connectivity index (χ1) is 8.69. The van der Waals surface area contributed by atoms with Crippen molar-refractivity contribution in [2.24, 2.45) is 0 Å². The minimum absolute atomic E-state index is 0.846. The van der Waals surface area contributed by atoms with Crippen molar-refractivity contribution in [1.82, 2.24) is 5.32 Å². The second kappa shape index (κ2) is 6.03. The van der Waals surface area contributed by atoms with Crippen LogP contribution in [0.3, 0.4) is 0 Å². The third-order valence-corrected chi connectivity index (χ3v) is 3.26. The molecule has 2 aromatic rings. The molecular formula is C15H16BrNO. The molecule has 0 bridgehead atoms. The lowest BCUT2D eigenvalue weighted by Gasteiger charge is -2.09. The topological polar surface area (TPSA) is 21.3 Å². The number of hydrogen-bond acceptors (Lipinski definition) is 2. The molecule has 0 fully saturated rings. The molecule has 2 aromatic carbocycles. The molecule has 0 aliphatic rings. The third-order valence-electron chi connectivity index (χ3n) is 2.73. The molecule has 0 saturated heterocycles. The lowest BCUT2D eigenvalue weighted by molar-refractivity contribution is 0.482. The van der Waals surface area contributed by atoms with E-state index < -0.39 is 0 Å². The van der Waals surface area contributed by atoms with Crippen LogP contribution in [0.5, 0.6) is 11.5 Å². The lowest BCUT2D eigenvalue weighted by Crippen LogP contribution is -2.06. The first kappa shape index (κ1) is 13.1. The van der Waals surface area contributed by atoms with E-state index in [0.29, 0.717) is 0 Å². The Morgan fingerprint density at radius 2 is 1.72 bits per heavy atom. The summed E-state index contributed by atoms with van der Waals surface area (Å²) in [4.78, 5) is 0. The minimum atomic E-state index is 0.846. The molecule has 0 unspecified atom stereocenters. The van der Waals surface area contributed by atoms with Crippen LogP contribution in [0.1, 0.15) is 11.1 Å². The Morgan fingerprint density at radius 1 is 1.06 bits per heavy atom. The molecule has 0 radical (unpaired) electrons. The van der Waals surface area contributed by atoms with Gasteiger partial charge in [0.15, 0.2) is 0 Å². The van der Waals surface area contributed by atoms with Crippen molar-refractivity contribution in [3.63, 3.8) is 0 Å². The van der Waals surface area contributed by atoms with Gasteiger partial charge in [0.1, 0.15) is 11.5 Å². The molecule has 0 aromatic heterocycles. The average molecular weight is 306 g/mol. The number of hydrogen-bond donors (Lipinski definition) is 1. The molecule has 0 heterocycles. The number of halogens is 1. The van der Waals surface area contributed by atoms with E-state index in [4.69, 9.17) is 4.74 Å². The van der Waals surface area contributed by atoms with E-state index in [1.807, 2.05) is 37.4 Å². The molecule has 2 rings (SSSR count). The van der Waals surface area contributed by atoms with Gasteiger partial charge in [0, 0.05) is 11.0 Å². The van der Waals surface area contributed by atoms with Gasteiger partial charge in [-0.05, 0) is 61.5 Å². The highest BCUT2D eigenvalue weighted by molar-refractivity contribution is 9.10. The smallest absolute Gasteiger partial charge is 0.127 e. The summed E-state index contributed by atoms with van der Waals surface area (Å²) in [6, 6.07) is 14.0. The highest BCUT2D eigenvalue weighted by atomic mass is 79.9. The zero-order chi connectivity index (χ0) is 13.0. The first-order valence-electron chi connectivity index (χ1n) is 5.86. The van der Waals surface area contributed by atoms with Crippen LogP contribution in [0.4, 0.5) is 0 Å². The summed E-state index contributed by atoms with van der Waals surface area (Å²) in [5, 5.41) is 3.15. The predicted octanol–water partition coefficient (Wildman–Crippen LogP) is 4.27. The Hall–Kier alpha value is -1.32. The van der Waals surface area contributed by atoms with Gasteiger partial charge >= 0.3 is 0 Å². The van der Waals surface area contributed by atoms with Gasteiger partial charge in [-0.3, -0.25) is 0 Å². The van der Waals surface area contributed by atoms with Gasteiger partial charge in [-0.1, -0.05) is 22.0 Å². The predicted molar refractivity (Wildman–Crippen MR) is 78.2 cm³/mol. The number of aryl methyl sites for hydroxylation is 1. The molecule has 0 saturated carbocycles. The number of rotatable bonds is 4. The maximum atomic E-state index is 5.81. The molecule has 0 aliphatic heterocycles. The van der Waals surface area contributed by atoms with Crippen molar-refractivity contribution < 1.29 is 4.74 Å². The zero-order valence-electron chi connectivity index (χ0n) is 10.5. The van der Waals surface area contributed by atoms with Crippen LogP contribution in [0.2, 0.25) is 0 Å². The van der Waals surface area contributed by atoms with Crippen LogP contribution in [0.25, 0.3) is 0 Å². The summed E-state index contributed by atoms with van der Waals surface area (Å²) in [6.45, 7) is 2.98. The summed E-state index contributed by atoms with van der Waals surface area (Å²) >= 11 is 3.41. The molecule has 0 aliphatic carbocycles. The third kappa shape index (κ3) is 3.34. The summed E-state index contributed by atoms with van der Waals surface area (Å²) in [6.07, 6.45) is 0. The van der Waals surface area contributed by atoms with Gasteiger partial charge in [0.05, 0.1) is 0 Å². The van der Waals surface area contributed by atoms with Crippen LogP contribution in [-0.2, 0) is 6.54 Å². The summed E-state index contributed by atoms with van der Waals surface area (Å²) < 4.78 is 6.86. The molecule has 18 heavy (non-hydrogen) atoms. The maximum absolute atomic E-state index is 5.81. The maximum Gasteiger partial charge on any atom is 0.127 e. The average Bonchev–Trinajstić information content (AvgIpc) is 2.36. The second-order valence-electron chi connectivity index (χ2n) is 4.17. The van der Waals surface area contributed by atoms with E-state index in [0.717, 1.165) is 22.5 Å². The Balaban J connectivity index is 2.14. The van der Waals surface area contributed by atoms with E-state index >= 15 is 0 Å². The van der Waals surface area contributed by atoms with Crippen molar-refractivity contribution in [3.8, 4) is 11.5 Å². The fourth-order valence-corrected chi connectivity index (χ4v) is 2.02. The largest absolute Gasteiger partial charge is 0.457 e. The quantitative estimate of drug-likeness (QED) is 0.911. The van der Waals surface area contributed by atoms with Crippen LogP contribution in [0.15, 0.2) is 46.9 Å².